The van der Waals surface area contributed by atoms with E-state index in [2.05, 4.69) is 15.9 Å². The molecule has 0 radical (unpaired) electrons. The average molecular weight is 255 g/mol. The highest BCUT2D eigenvalue weighted by Gasteiger charge is 2.11. The third kappa shape index (κ3) is 2.23. The minimum atomic E-state index is -0.888. The van der Waals surface area contributed by atoms with E-state index in [4.69, 9.17) is 5.11 Å². The van der Waals surface area contributed by atoms with Crippen molar-refractivity contribution >= 4 is 27.5 Å². The van der Waals surface area contributed by atoms with Crippen LogP contribution in [0.25, 0.3) is 5.57 Å². The fourth-order valence-corrected chi connectivity index (χ4v) is 1.78. The molecule has 74 valence electrons. The summed E-state index contributed by atoms with van der Waals surface area (Å²) in [7, 11) is 0. The molecule has 0 aromatic heterocycles. The normalized spacial score (nSPS) is 11.4. The number of carboxylic acids is 1. The zero-order valence-electron chi connectivity index (χ0n) is 7.83. The molecule has 0 spiro atoms. The molecule has 0 bridgehead atoms. The lowest BCUT2D eigenvalue weighted by molar-refractivity contribution is -0.130. The van der Waals surface area contributed by atoms with Crippen LogP contribution in [0.2, 0.25) is 0 Å². The molecule has 0 saturated heterocycles. The van der Waals surface area contributed by atoms with E-state index < -0.39 is 5.97 Å². The third-order valence-electron chi connectivity index (χ3n) is 1.97. The summed E-state index contributed by atoms with van der Waals surface area (Å²) in [5, 5.41) is 9.62. The Morgan fingerprint density at radius 1 is 1.50 bits per heavy atom. The summed E-state index contributed by atoms with van der Waals surface area (Å²) in [6, 6.07) is 7.47. The van der Waals surface area contributed by atoms with Gasteiger partial charge in [0.25, 0.3) is 0 Å². The largest absolute Gasteiger partial charge is 0.478 e. The van der Waals surface area contributed by atoms with Crippen molar-refractivity contribution in [3.8, 4) is 0 Å². The van der Waals surface area contributed by atoms with Crippen molar-refractivity contribution in [3.63, 3.8) is 0 Å². The minimum Gasteiger partial charge on any atom is -0.478 e. The summed E-state index contributed by atoms with van der Waals surface area (Å²) in [5.41, 5.74) is 2.11. The maximum atomic E-state index is 10.9. The van der Waals surface area contributed by atoms with Gasteiger partial charge in [0.1, 0.15) is 0 Å². The van der Waals surface area contributed by atoms with Gasteiger partial charge in [0.15, 0.2) is 0 Å². The summed E-state index contributed by atoms with van der Waals surface area (Å²) in [6.45, 7) is 1.73. The van der Waals surface area contributed by atoms with Crippen molar-refractivity contribution < 1.29 is 9.90 Å². The monoisotopic (exact) mass is 254 g/mol. The van der Waals surface area contributed by atoms with Gasteiger partial charge in [-0.05, 0) is 18.1 Å². The van der Waals surface area contributed by atoms with Gasteiger partial charge in [-0.15, -0.1) is 0 Å². The number of aliphatic carboxylic acids is 1. The smallest absolute Gasteiger partial charge is 0.335 e. The Morgan fingerprint density at radius 2 is 2.14 bits per heavy atom. The van der Waals surface area contributed by atoms with Gasteiger partial charge in [0.2, 0.25) is 0 Å². The Kier molecular flexibility index (Phi) is 3.89. The van der Waals surface area contributed by atoms with E-state index in [9.17, 15) is 4.79 Å². The van der Waals surface area contributed by atoms with E-state index in [1.807, 2.05) is 24.3 Å². The number of carboxylic acid groups (broad SMARTS) is 1. The average Bonchev–Trinajstić information content (AvgIpc) is 2.19. The molecule has 1 N–H and O–H groups in total. The molecule has 14 heavy (non-hydrogen) atoms. The fourth-order valence-electron chi connectivity index (χ4n) is 1.29. The Balaban J connectivity index is 3.23. The van der Waals surface area contributed by atoms with Crippen molar-refractivity contribution in [1.29, 1.82) is 0 Å². The number of benzene rings is 1. The van der Waals surface area contributed by atoms with Crippen molar-refractivity contribution in [3.05, 3.63) is 41.5 Å². The van der Waals surface area contributed by atoms with Crippen LogP contribution < -0.4 is 0 Å². The molecular weight excluding hydrogens is 244 g/mol. The molecule has 0 saturated carbocycles. The fraction of sp³-hybridized carbons (Fsp3) is 0.182. The van der Waals surface area contributed by atoms with Crippen LogP contribution in [0.3, 0.4) is 0 Å². The van der Waals surface area contributed by atoms with Crippen LogP contribution in [0, 0.1) is 0 Å². The number of hydrogen-bond donors (Lipinski definition) is 1. The van der Waals surface area contributed by atoms with Gasteiger partial charge < -0.3 is 5.11 Å². The summed E-state index contributed by atoms with van der Waals surface area (Å²) in [4.78, 5) is 10.9. The molecule has 0 fully saturated rings. The predicted molar refractivity (Wildman–Crippen MR) is 60.4 cm³/mol. The van der Waals surface area contributed by atoms with Gasteiger partial charge in [-0.3, -0.25) is 0 Å². The molecule has 2 nitrogen and oxygen atoms in total. The number of carbonyl (C=O) groups is 1. The Labute approximate surface area is 91.4 Å². The lowest BCUT2D eigenvalue weighted by Crippen LogP contribution is -2.01. The van der Waals surface area contributed by atoms with Crippen molar-refractivity contribution in [2.75, 3.05) is 0 Å². The first-order valence-electron chi connectivity index (χ1n) is 4.24. The zero-order chi connectivity index (χ0) is 10.6. The number of hydrogen-bond acceptors (Lipinski definition) is 1. The highest BCUT2D eigenvalue weighted by atomic mass is 79.9. The van der Waals surface area contributed by atoms with Crippen LogP contribution in [0.4, 0.5) is 0 Å². The van der Waals surface area contributed by atoms with Crippen molar-refractivity contribution in [2.45, 2.75) is 12.3 Å². The second-order valence-corrected chi connectivity index (χ2v) is 3.36. The summed E-state index contributed by atoms with van der Waals surface area (Å²) in [5.74, 6) is -0.888. The maximum absolute atomic E-state index is 10.9. The lowest BCUT2D eigenvalue weighted by atomic mass is 10.0. The van der Waals surface area contributed by atoms with E-state index in [0.717, 1.165) is 11.1 Å². The van der Waals surface area contributed by atoms with Gasteiger partial charge in [-0.1, -0.05) is 46.3 Å². The summed E-state index contributed by atoms with van der Waals surface area (Å²) >= 11 is 3.33. The van der Waals surface area contributed by atoms with Crippen LogP contribution in [0.15, 0.2) is 30.3 Å². The van der Waals surface area contributed by atoms with Crippen molar-refractivity contribution in [1.82, 2.24) is 0 Å². The molecule has 1 aromatic rings. The highest BCUT2D eigenvalue weighted by Crippen LogP contribution is 2.21. The number of halogens is 1. The molecule has 0 unspecified atom stereocenters. The van der Waals surface area contributed by atoms with E-state index >= 15 is 0 Å². The second-order valence-electron chi connectivity index (χ2n) is 2.80. The topological polar surface area (TPSA) is 37.3 Å². The molecule has 0 aliphatic heterocycles. The summed E-state index contributed by atoms with van der Waals surface area (Å²) < 4.78 is 0. The number of alkyl halides is 1. The molecule has 0 aliphatic carbocycles. The first-order valence-corrected chi connectivity index (χ1v) is 5.36. The van der Waals surface area contributed by atoms with Gasteiger partial charge in [0.05, 0.1) is 5.57 Å². The van der Waals surface area contributed by atoms with E-state index in [1.54, 1.807) is 13.0 Å². The Bertz CT molecular complexity index is 369. The van der Waals surface area contributed by atoms with Crippen LogP contribution >= 0.6 is 15.9 Å². The molecule has 0 atom stereocenters. The van der Waals surface area contributed by atoms with Crippen LogP contribution in [-0.2, 0) is 10.1 Å². The second kappa shape index (κ2) is 4.96. The van der Waals surface area contributed by atoms with E-state index in [-0.39, 0.29) is 0 Å². The lowest BCUT2D eigenvalue weighted by Gasteiger charge is -2.06. The molecule has 0 amide bonds. The van der Waals surface area contributed by atoms with Gasteiger partial charge >= 0.3 is 5.97 Å². The van der Waals surface area contributed by atoms with Crippen LogP contribution in [-0.4, -0.2) is 11.1 Å². The van der Waals surface area contributed by atoms with Crippen LogP contribution in [0.5, 0.6) is 0 Å². The van der Waals surface area contributed by atoms with Gasteiger partial charge in [0, 0.05) is 5.33 Å². The van der Waals surface area contributed by atoms with E-state index in [1.165, 1.54) is 0 Å². The molecule has 1 aromatic carbocycles. The molecular formula is C11H11BrO2. The third-order valence-corrected chi connectivity index (χ3v) is 2.57. The van der Waals surface area contributed by atoms with Crippen LogP contribution in [0.1, 0.15) is 18.1 Å². The maximum Gasteiger partial charge on any atom is 0.335 e. The van der Waals surface area contributed by atoms with Gasteiger partial charge in [-0.2, -0.15) is 0 Å². The zero-order valence-corrected chi connectivity index (χ0v) is 9.41. The Hall–Kier alpha value is -1.09. The predicted octanol–water partition coefficient (Wildman–Crippen LogP) is 3.07. The quantitative estimate of drug-likeness (QED) is 0.665. The van der Waals surface area contributed by atoms with E-state index in [0.29, 0.717) is 10.9 Å². The number of rotatable bonds is 3. The molecule has 1 rings (SSSR count). The molecule has 0 aliphatic rings. The van der Waals surface area contributed by atoms with Crippen molar-refractivity contribution in [2.24, 2.45) is 0 Å². The molecule has 3 heteroatoms. The first kappa shape index (κ1) is 11.0. The van der Waals surface area contributed by atoms with Gasteiger partial charge in [-0.25, -0.2) is 4.79 Å². The summed E-state index contributed by atoms with van der Waals surface area (Å²) in [6.07, 6.45) is 1.61. The SMILES string of the molecule is C/C=C(/C(=O)O)c1ccccc1CBr. The molecule has 0 heterocycles. The Morgan fingerprint density at radius 3 is 2.64 bits per heavy atom. The minimum absolute atomic E-state index is 0.347. The highest BCUT2D eigenvalue weighted by molar-refractivity contribution is 9.08. The standard InChI is InChI=1S/C11H11BrO2/c1-2-9(11(13)14)10-6-4-3-5-8(10)7-12/h2-6H,7H2,1H3,(H,13,14)/b9-2+. The number of allylic oxidation sites excluding steroid dienone is 1. The first-order chi connectivity index (χ1) is 6.70.